The van der Waals surface area contributed by atoms with Gasteiger partial charge in [-0.25, -0.2) is 8.78 Å². The highest BCUT2D eigenvalue weighted by Gasteiger charge is 2.07. The number of benzene rings is 1. The highest BCUT2D eigenvalue weighted by Crippen LogP contribution is 2.25. The normalized spacial score (nSPS) is 10.6. The first-order valence-electron chi connectivity index (χ1n) is 3.89. The van der Waals surface area contributed by atoms with Gasteiger partial charge >= 0.3 is 0 Å². The Bertz CT molecular complexity index is 307. The van der Waals surface area contributed by atoms with Crippen molar-refractivity contribution < 1.29 is 13.5 Å². The van der Waals surface area contributed by atoms with E-state index in [9.17, 15) is 8.78 Å². The van der Waals surface area contributed by atoms with E-state index in [0.29, 0.717) is 5.75 Å². The van der Waals surface area contributed by atoms with Crippen molar-refractivity contribution in [2.75, 3.05) is 6.61 Å². The molecule has 0 saturated carbocycles. The third-order valence-electron chi connectivity index (χ3n) is 1.53. The Hall–Kier alpha value is 0.0900. The minimum atomic E-state index is -2.43. The third-order valence-corrected chi connectivity index (χ3v) is 2.85. The van der Waals surface area contributed by atoms with Gasteiger partial charge in [-0.3, -0.25) is 0 Å². The van der Waals surface area contributed by atoms with Crippen LogP contribution < -0.4 is 4.74 Å². The van der Waals surface area contributed by atoms with Crippen LogP contribution in [0.25, 0.3) is 0 Å². The van der Waals surface area contributed by atoms with E-state index < -0.39 is 13.0 Å². The van der Waals surface area contributed by atoms with Crippen LogP contribution in [0.2, 0.25) is 0 Å². The molecule has 1 aromatic rings. The first-order chi connectivity index (χ1) is 6.63. The van der Waals surface area contributed by atoms with E-state index in [-0.39, 0.29) is 0 Å². The molecular formula is C9H8BrF2IO. The number of hydrogen-bond donors (Lipinski definition) is 0. The van der Waals surface area contributed by atoms with Crippen molar-refractivity contribution in [3.8, 4) is 5.75 Å². The lowest BCUT2D eigenvalue weighted by molar-refractivity contribution is 0.0815. The summed E-state index contributed by atoms with van der Waals surface area (Å²) in [5, 5.41) is 0. The molecule has 0 atom stereocenters. The van der Waals surface area contributed by atoms with Gasteiger partial charge in [-0.2, -0.15) is 0 Å². The number of halogens is 4. The summed E-state index contributed by atoms with van der Waals surface area (Å²) >= 11 is 5.47. The van der Waals surface area contributed by atoms with Gasteiger partial charge < -0.3 is 4.74 Å². The van der Waals surface area contributed by atoms with Gasteiger partial charge in [0.1, 0.15) is 12.4 Å². The maximum atomic E-state index is 11.9. The van der Waals surface area contributed by atoms with Crippen LogP contribution in [0.1, 0.15) is 5.56 Å². The van der Waals surface area contributed by atoms with E-state index in [1.165, 1.54) is 0 Å². The van der Waals surface area contributed by atoms with Gasteiger partial charge in [0.25, 0.3) is 6.43 Å². The molecule has 0 bridgehead atoms. The number of rotatable bonds is 4. The van der Waals surface area contributed by atoms with Gasteiger partial charge in [0.2, 0.25) is 0 Å². The molecule has 0 aliphatic carbocycles. The molecule has 1 nitrogen and oxygen atoms in total. The average Bonchev–Trinajstić information content (AvgIpc) is 2.15. The Morgan fingerprint density at radius 1 is 1.43 bits per heavy atom. The van der Waals surface area contributed by atoms with Crippen LogP contribution in [-0.2, 0) is 4.43 Å². The maximum absolute atomic E-state index is 11.9. The second-order valence-corrected chi connectivity index (χ2v) is 4.27. The molecule has 0 saturated heterocycles. The maximum Gasteiger partial charge on any atom is 0.272 e. The van der Waals surface area contributed by atoms with Gasteiger partial charge in [0.05, 0.1) is 0 Å². The van der Waals surface area contributed by atoms with E-state index in [1.54, 1.807) is 12.1 Å². The first-order valence-corrected chi connectivity index (χ1v) is 6.20. The molecule has 0 radical (unpaired) electrons. The number of hydrogen-bond acceptors (Lipinski definition) is 1. The lowest BCUT2D eigenvalue weighted by Gasteiger charge is -2.09. The second kappa shape index (κ2) is 5.85. The summed E-state index contributed by atoms with van der Waals surface area (Å²) in [6.45, 7) is -0.550. The van der Waals surface area contributed by atoms with Crippen LogP contribution in [0.4, 0.5) is 8.78 Å². The zero-order valence-electron chi connectivity index (χ0n) is 7.14. The molecule has 14 heavy (non-hydrogen) atoms. The zero-order valence-corrected chi connectivity index (χ0v) is 10.9. The fourth-order valence-electron chi connectivity index (χ4n) is 0.946. The predicted octanol–water partition coefficient (Wildman–Crippen LogP) is 4.03. The monoisotopic (exact) mass is 376 g/mol. The third kappa shape index (κ3) is 3.68. The lowest BCUT2D eigenvalue weighted by atomic mass is 10.2. The fraction of sp³-hybridized carbons (Fsp3) is 0.333. The molecular weight excluding hydrogens is 369 g/mol. The molecule has 5 heteroatoms. The van der Waals surface area contributed by atoms with Gasteiger partial charge in [-0.05, 0) is 18.2 Å². The van der Waals surface area contributed by atoms with Crippen molar-refractivity contribution in [2.45, 2.75) is 10.9 Å². The van der Waals surface area contributed by atoms with Crippen molar-refractivity contribution in [2.24, 2.45) is 0 Å². The molecule has 0 unspecified atom stereocenters. The molecule has 78 valence electrons. The number of alkyl halides is 3. The smallest absolute Gasteiger partial charge is 0.272 e. The fourth-order valence-corrected chi connectivity index (χ4v) is 1.95. The van der Waals surface area contributed by atoms with Crippen molar-refractivity contribution in [1.82, 2.24) is 0 Å². The Kier molecular flexibility index (Phi) is 5.08. The number of ether oxygens (including phenoxy) is 1. The summed E-state index contributed by atoms with van der Waals surface area (Å²) in [7, 11) is 0. The minimum absolute atomic E-state index is 0.530. The van der Waals surface area contributed by atoms with Gasteiger partial charge in [-0.1, -0.05) is 38.5 Å². The molecule has 0 N–H and O–H groups in total. The topological polar surface area (TPSA) is 9.23 Å². The molecule has 0 fully saturated rings. The molecule has 0 aliphatic rings. The minimum Gasteiger partial charge on any atom is -0.487 e. The Balaban J connectivity index is 2.75. The molecule has 0 aromatic heterocycles. The van der Waals surface area contributed by atoms with Crippen LogP contribution in [-0.4, -0.2) is 13.0 Å². The lowest BCUT2D eigenvalue weighted by Crippen LogP contribution is -2.08. The Morgan fingerprint density at radius 3 is 2.71 bits per heavy atom. The standard InChI is InChI=1S/C9H8BrF2IO/c10-7-1-2-8(6(3-7)4-13)14-5-9(11)12/h1-3,9H,4-5H2. The van der Waals surface area contributed by atoms with Gasteiger partial charge in [0, 0.05) is 14.5 Å². The molecule has 0 amide bonds. The summed E-state index contributed by atoms with van der Waals surface area (Å²) in [5.74, 6) is 0.530. The van der Waals surface area contributed by atoms with E-state index in [2.05, 4.69) is 38.5 Å². The van der Waals surface area contributed by atoms with Crippen molar-refractivity contribution >= 4 is 38.5 Å². The molecule has 0 heterocycles. The van der Waals surface area contributed by atoms with E-state index in [4.69, 9.17) is 4.74 Å². The van der Waals surface area contributed by atoms with Crippen LogP contribution in [0, 0.1) is 0 Å². The largest absolute Gasteiger partial charge is 0.487 e. The molecule has 0 spiro atoms. The summed E-state index contributed by atoms with van der Waals surface area (Å²) in [5.41, 5.74) is 0.917. The summed E-state index contributed by atoms with van der Waals surface area (Å²) in [6, 6.07) is 5.34. The van der Waals surface area contributed by atoms with Crippen molar-refractivity contribution in [3.63, 3.8) is 0 Å². The van der Waals surface area contributed by atoms with Crippen LogP contribution in [0.3, 0.4) is 0 Å². The SMILES string of the molecule is FC(F)COc1ccc(Br)cc1CI. The van der Waals surface area contributed by atoms with E-state index in [0.717, 1.165) is 14.5 Å². The summed E-state index contributed by atoms with van der Waals surface area (Å²) < 4.78 is 30.4. The van der Waals surface area contributed by atoms with Gasteiger partial charge in [-0.15, -0.1) is 0 Å². The van der Waals surface area contributed by atoms with Gasteiger partial charge in [0.15, 0.2) is 0 Å². The molecule has 1 aromatic carbocycles. The quantitative estimate of drug-likeness (QED) is 0.569. The second-order valence-electron chi connectivity index (χ2n) is 2.59. The first kappa shape index (κ1) is 12.2. The molecule has 1 rings (SSSR count). The highest BCUT2D eigenvalue weighted by molar-refractivity contribution is 14.1. The predicted molar refractivity (Wildman–Crippen MR) is 63.4 cm³/mol. The zero-order chi connectivity index (χ0) is 10.6. The van der Waals surface area contributed by atoms with Crippen molar-refractivity contribution in [3.05, 3.63) is 28.2 Å². The Morgan fingerprint density at radius 2 is 2.14 bits per heavy atom. The van der Waals surface area contributed by atoms with Crippen molar-refractivity contribution in [1.29, 1.82) is 0 Å². The Labute approximate surface area is 103 Å². The summed E-state index contributed by atoms with van der Waals surface area (Å²) in [4.78, 5) is 0. The van der Waals surface area contributed by atoms with Crippen LogP contribution in [0.5, 0.6) is 5.75 Å². The average molecular weight is 377 g/mol. The highest BCUT2D eigenvalue weighted by atomic mass is 127. The molecule has 0 aliphatic heterocycles. The summed E-state index contributed by atoms with van der Waals surface area (Å²) in [6.07, 6.45) is -2.43. The van der Waals surface area contributed by atoms with Crippen LogP contribution >= 0.6 is 38.5 Å². The van der Waals surface area contributed by atoms with Crippen LogP contribution in [0.15, 0.2) is 22.7 Å². The van der Waals surface area contributed by atoms with E-state index in [1.807, 2.05) is 6.07 Å². The van der Waals surface area contributed by atoms with E-state index >= 15 is 0 Å².